The molecule has 5 unspecified atom stereocenters. The van der Waals surface area contributed by atoms with Gasteiger partial charge in [0.05, 0.1) is 12.7 Å². The van der Waals surface area contributed by atoms with Crippen molar-refractivity contribution in [2.24, 2.45) is 0 Å². The number of phenols is 2. The number of alkyl carbamates (subject to hydrolysis) is 1. The lowest BCUT2D eigenvalue weighted by atomic mass is 9.78. The van der Waals surface area contributed by atoms with E-state index in [1.807, 2.05) is 0 Å². The number of esters is 1. The van der Waals surface area contributed by atoms with Gasteiger partial charge in [-0.05, 0) is 102 Å². The Kier molecular flexibility index (Phi) is 16.4. The smallest absolute Gasteiger partial charge is 0.407 e. The molecule has 6 N–H and O–H groups in total. The molecule has 15 nitrogen and oxygen atoms in total. The van der Waals surface area contributed by atoms with Crippen LogP contribution in [0, 0.1) is 0 Å². The molecule has 2 aliphatic rings. The molecule has 15 heteroatoms. The van der Waals surface area contributed by atoms with E-state index in [1.54, 1.807) is 58.9 Å². The molecule has 1 aliphatic heterocycles. The Bertz CT molecular complexity index is 1720. The maximum atomic E-state index is 14.0. The van der Waals surface area contributed by atoms with Gasteiger partial charge in [-0.2, -0.15) is 0 Å². The highest BCUT2D eigenvalue weighted by Crippen LogP contribution is 2.42. The second kappa shape index (κ2) is 20.7. The van der Waals surface area contributed by atoms with Crippen LogP contribution in [-0.2, 0) is 33.3 Å². The third-order valence-corrected chi connectivity index (χ3v) is 9.62. The number of aromatic hydroxyl groups is 2. The largest absolute Gasteiger partial charge is 0.504 e. The molecule has 320 valence electrons. The van der Waals surface area contributed by atoms with E-state index in [9.17, 15) is 34.5 Å². The number of rotatable bonds is 19. The number of hydrogen-bond donors (Lipinski definition) is 6. The fraction of sp³-hybridized carbons (Fsp3) is 0.581. The number of carbonyl (C=O) groups excluding carboxylic acids is 4. The van der Waals surface area contributed by atoms with E-state index < -0.39 is 65.2 Å². The highest BCUT2D eigenvalue weighted by atomic mass is 16.8. The van der Waals surface area contributed by atoms with Crippen molar-refractivity contribution in [2.75, 3.05) is 18.5 Å². The Balaban J connectivity index is 1.44. The predicted octanol–water partition coefficient (Wildman–Crippen LogP) is 6.24. The van der Waals surface area contributed by atoms with Crippen LogP contribution in [0.25, 0.3) is 6.08 Å². The van der Waals surface area contributed by atoms with Gasteiger partial charge in [-0.25, -0.2) is 9.59 Å². The van der Waals surface area contributed by atoms with Crippen molar-refractivity contribution in [3.63, 3.8) is 0 Å². The van der Waals surface area contributed by atoms with Gasteiger partial charge < -0.3 is 55.0 Å². The molecule has 58 heavy (non-hydrogen) atoms. The molecule has 1 saturated heterocycles. The number of phenolic OH excluding ortho intramolecular Hbond substituents is 2. The maximum absolute atomic E-state index is 14.0. The number of carbonyl (C=O) groups is 4. The van der Waals surface area contributed by atoms with Gasteiger partial charge in [-0.1, -0.05) is 45.1 Å². The molecule has 1 saturated carbocycles. The highest BCUT2D eigenvalue weighted by molar-refractivity contribution is 5.98. The number of nitrogens with one attached hydrogen (secondary N) is 3. The van der Waals surface area contributed by atoms with E-state index in [4.69, 9.17) is 23.7 Å². The first-order chi connectivity index (χ1) is 27.4. The molecular formula is C43H61N3O12. The molecule has 5 atom stereocenters. The van der Waals surface area contributed by atoms with Crippen LogP contribution >= 0.6 is 0 Å². The fourth-order valence-corrected chi connectivity index (χ4v) is 6.80. The molecule has 3 amide bonds. The summed E-state index contributed by atoms with van der Waals surface area (Å²) in [6.45, 7) is 11.5. The zero-order chi connectivity index (χ0) is 42.5. The van der Waals surface area contributed by atoms with Gasteiger partial charge in [-0.3, -0.25) is 9.59 Å². The van der Waals surface area contributed by atoms with Crippen molar-refractivity contribution in [1.82, 2.24) is 10.6 Å². The standard InChI is InChI=1S/C43H61N3O12/c1-7-8-9-10-11-12-24-54-30-19-17-29(18-20-30)45-38(50)31(14-13-23-44-40(52)58-41(2,3)4)46-39(51)43(53)26-34(37-35(27-43)56-42(5,6)57-37)55-36(49)22-16-28-15-21-32(47)33(48)25-28/h15-22,25,31,34-35,37,47-48,53H,7-14,23-24,26-27H2,1-6H3,(H,44,52)(H,45,50)(H,46,51)/b22-16+. The normalized spacial score (nSPS) is 21.7. The van der Waals surface area contributed by atoms with Crippen molar-refractivity contribution >= 4 is 35.6 Å². The Hall–Kier alpha value is -4.86. The lowest BCUT2D eigenvalue weighted by molar-refractivity contribution is -0.176. The van der Waals surface area contributed by atoms with Crippen molar-refractivity contribution in [1.29, 1.82) is 0 Å². The molecule has 2 aromatic rings. The van der Waals surface area contributed by atoms with E-state index in [0.29, 0.717) is 23.6 Å². The highest BCUT2D eigenvalue weighted by Gasteiger charge is 2.57. The summed E-state index contributed by atoms with van der Waals surface area (Å²) in [5.74, 6) is -3.39. The summed E-state index contributed by atoms with van der Waals surface area (Å²) in [7, 11) is 0. The summed E-state index contributed by atoms with van der Waals surface area (Å²) in [5, 5.41) is 39.5. The summed E-state index contributed by atoms with van der Waals surface area (Å²) >= 11 is 0. The molecule has 2 aromatic carbocycles. The summed E-state index contributed by atoms with van der Waals surface area (Å²) in [6, 6.07) is 9.76. The third-order valence-electron chi connectivity index (χ3n) is 9.62. The lowest BCUT2D eigenvalue weighted by Crippen LogP contribution is -2.61. The molecule has 1 aliphatic carbocycles. The number of aliphatic hydroxyl groups is 1. The van der Waals surface area contributed by atoms with Crippen LogP contribution in [0.5, 0.6) is 17.2 Å². The Morgan fingerprint density at radius 3 is 2.33 bits per heavy atom. The summed E-state index contributed by atoms with van der Waals surface area (Å²) < 4.78 is 29.0. The third kappa shape index (κ3) is 14.5. The minimum absolute atomic E-state index is 0.0810. The van der Waals surface area contributed by atoms with E-state index in [2.05, 4.69) is 22.9 Å². The average Bonchev–Trinajstić information content (AvgIpc) is 3.46. The van der Waals surface area contributed by atoms with E-state index in [-0.39, 0.29) is 43.7 Å². The monoisotopic (exact) mass is 811 g/mol. The number of unbranched alkanes of at least 4 members (excludes halogenated alkanes) is 5. The minimum atomic E-state index is -2.15. The zero-order valence-corrected chi connectivity index (χ0v) is 34.5. The Morgan fingerprint density at radius 2 is 1.64 bits per heavy atom. The summed E-state index contributed by atoms with van der Waals surface area (Å²) in [6.07, 6.45) is 5.72. The first-order valence-electron chi connectivity index (χ1n) is 20.2. The lowest BCUT2D eigenvalue weighted by Gasteiger charge is -2.40. The van der Waals surface area contributed by atoms with E-state index in [1.165, 1.54) is 50.0 Å². The Morgan fingerprint density at radius 1 is 0.931 bits per heavy atom. The maximum Gasteiger partial charge on any atom is 0.407 e. The number of amides is 3. The van der Waals surface area contributed by atoms with Gasteiger partial charge in [-0.15, -0.1) is 0 Å². The average molecular weight is 812 g/mol. The molecule has 0 spiro atoms. The van der Waals surface area contributed by atoms with E-state index >= 15 is 0 Å². The molecule has 1 heterocycles. The van der Waals surface area contributed by atoms with Crippen molar-refractivity contribution in [3.05, 3.63) is 54.1 Å². The Labute approximate surface area is 340 Å². The van der Waals surface area contributed by atoms with Crippen molar-refractivity contribution in [2.45, 2.75) is 147 Å². The number of anilines is 1. The molecule has 0 bridgehead atoms. The number of fused-ring (bicyclic) bond motifs is 1. The van der Waals surface area contributed by atoms with Gasteiger partial charge in [0.15, 0.2) is 17.3 Å². The minimum Gasteiger partial charge on any atom is -0.504 e. The van der Waals surface area contributed by atoms with Gasteiger partial charge in [0.25, 0.3) is 5.91 Å². The van der Waals surface area contributed by atoms with Crippen LogP contribution in [0.15, 0.2) is 48.5 Å². The van der Waals surface area contributed by atoms with Crippen LogP contribution < -0.4 is 20.7 Å². The zero-order valence-electron chi connectivity index (χ0n) is 34.5. The van der Waals surface area contributed by atoms with Crippen LogP contribution in [0.3, 0.4) is 0 Å². The quantitative estimate of drug-likeness (QED) is 0.0403. The number of benzene rings is 2. The van der Waals surface area contributed by atoms with Crippen LogP contribution in [0.2, 0.25) is 0 Å². The molecule has 0 radical (unpaired) electrons. The molecule has 2 fully saturated rings. The van der Waals surface area contributed by atoms with E-state index in [0.717, 1.165) is 18.9 Å². The van der Waals surface area contributed by atoms with Gasteiger partial charge in [0, 0.05) is 31.1 Å². The summed E-state index contributed by atoms with van der Waals surface area (Å²) in [5.41, 5.74) is -1.98. The van der Waals surface area contributed by atoms with Crippen LogP contribution in [0.4, 0.5) is 10.5 Å². The first-order valence-corrected chi connectivity index (χ1v) is 20.2. The van der Waals surface area contributed by atoms with Crippen molar-refractivity contribution in [3.8, 4) is 17.2 Å². The first kappa shape index (κ1) is 45.8. The predicted molar refractivity (Wildman–Crippen MR) is 216 cm³/mol. The molecule has 0 aromatic heterocycles. The fourth-order valence-electron chi connectivity index (χ4n) is 6.80. The molecular weight excluding hydrogens is 750 g/mol. The van der Waals surface area contributed by atoms with Gasteiger partial charge >= 0.3 is 12.1 Å². The second-order valence-electron chi connectivity index (χ2n) is 16.4. The second-order valence-corrected chi connectivity index (χ2v) is 16.4. The van der Waals surface area contributed by atoms with Crippen LogP contribution in [-0.4, -0.2) is 93.7 Å². The van der Waals surface area contributed by atoms with Gasteiger partial charge in [0.1, 0.15) is 35.2 Å². The summed E-state index contributed by atoms with van der Waals surface area (Å²) in [4.78, 5) is 53.1. The number of ether oxygens (including phenoxy) is 5. The van der Waals surface area contributed by atoms with Crippen molar-refractivity contribution < 1.29 is 58.2 Å². The topological polar surface area (TPSA) is 211 Å². The van der Waals surface area contributed by atoms with Crippen LogP contribution in [0.1, 0.15) is 111 Å². The van der Waals surface area contributed by atoms with Gasteiger partial charge in [0.2, 0.25) is 5.91 Å². The number of hydrogen-bond acceptors (Lipinski definition) is 12. The molecule has 4 rings (SSSR count). The SMILES string of the molecule is CCCCCCCCOc1ccc(NC(=O)C(CCCNC(=O)OC(C)(C)C)NC(=O)C2(O)CC(OC(=O)/C=C/c3ccc(O)c(O)c3)C3OC(C)(C)OC3C2)cc1.